The maximum absolute atomic E-state index is 12.7. The summed E-state index contributed by atoms with van der Waals surface area (Å²) in [5.74, 6) is -1.65. The monoisotopic (exact) mass is 330 g/mol. The van der Waals surface area contributed by atoms with Gasteiger partial charge in [-0.25, -0.2) is 0 Å². The SMILES string of the molecule is CC1=NN(c2ccccc2)C(=O)C1C=C1C(=O)c2ccccc2C1=O. The zero-order chi connectivity index (χ0) is 17.6. The number of hydrogen-bond acceptors (Lipinski definition) is 4. The average Bonchev–Trinajstić information content (AvgIpc) is 3.06. The Labute approximate surface area is 144 Å². The number of allylic oxidation sites excluding steroid dienone is 1. The third-order valence-corrected chi connectivity index (χ3v) is 4.42. The van der Waals surface area contributed by atoms with Crippen LogP contribution >= 0.6 is 0 Å². The van der Waals surface area contributed by atoms with Crippen LogP contribution in [0, 0.1) is 5.92 Å². The minimum Gasteiger partial charge on any atom is -0.288 e. The Balaban J connectivity index is 1.69. The van der Waals surface area contributed by atoms with E-state index < -0.39 is 5.92 Å². The number of hydrogen-bond donors (Lipinski definition) is 0. The first-order valence-corrected chi connectivity index (χ1v) is 7.92. The van der Waals surface area contributed by atoms with Crippen LogP contribution in [0.4, 0.5) is 5.69 Å². The number of anilines is 1. The lowest BCUT2D eigenvalue weighted by atomic mass is 9.98. The fraction of sp³-hybridized carbons (Fsp3) is 0.100. The van der Waals surface area contributed by atoms with E-state index in [4.69, 9.17) is 0 Å². The van der Waals surface area contributed by atoms with Crippen LogP contribution in [0.25, 0.3) is 0 Å². The second-order valence-corrected chi connectivity index (χ2v) is 5.99. The van der Waals surface area contributed by atoms with E-state index in [0.717, 1.165) is 0 Å². The van der Waals surface area contributed by atoms with Gasteiger partial charge in [-0.2, -0.15) is 10.1 Å². The van der Waals surface area contributed by atoms with Gasteiger partial charge in [-0.05, 0) is 19.1 Å². The molecule has 0 bridgehead atoms. The predicted octanol–water partition coefficient (Wildman–Crippen LogP) is 3.03. The smallest absolute Gasteiger partial charge is 0.260 e. The lowest BCUT2D eigenvalue weighted by molar-refractivity contribution is -0.118. The first-order chi connectivity index (χ1) is 12.1. The van der Waals surface area contributed by atoms with Gasteiger partial charge in [0.05, 0.1) is 22.9 Å². The summed E-state index contributed by atoms with van der Waals surface area (Å²) in [6, 6.07) is 15.8. The molecule has 1 atom stereocenters. The average molecular weight is 330 g/mol. The van der Waals surface area contributed by atoms with Gasteiger partial charge < -0.3 is 0 Å². The van der Waals surface area contributed by atoms with Crippen molar-refractivity contribution in [3.63, 3.8) is 0 Å². The number of benzene rings is 2. The van der Waals surface area contributed by atoms with Gasteiger partial charge in [0.15, 0.2) is 11.6 Å². The first-order valence-electron chi connectivity index (χ1n) is 7.92. The van der Waals surface area contributed by atoms with Crippen LogP contribution in [0.3, 0.4) is 0 Å². The molecule has 4 rings (SSSR count). The van der Waals surface area contributed by atoms with Crippen molar-refractivity contribution in [3.05, 3.63) is 77.4 Å². The van der Waals surface area contributed by atoms with E-state index in [1.165, 1.54) is 11.1 Å². The van der Waals surface area contributed by atoms with Crippen molar-refractivity contribution >= 4 is 28.9 Å². The summed E-state index contributed by atoms with van der Waals surface area (Å²) in [7, 11) is 0. The Hall–Kier alpha value is -3.34. The van der Waals surface area contributed by atoms with E-state index in [1.807, 2.05) is 18.2 Å². The molecule has 1 aliphatic heterocycles. The number of nitrogens with zero attached hydrogens (tertiary/aromatic N) is 2. The minimum absolute atomic E-state index is 0.0454. The molecule has 1 amide bonds. The van der Waals surface area contributed by atoms with Crippen molar-refractivity contribution in [2.24, 2.45) is 11.0 Å². The van der Waals surface area contributed by atoms with Crippen molar-refractivity contribution in [1.82, 2.24) is 0 Å². The highest BCUT2D eigenvalue weighted by molar-refractivity contribution is 6.40. The Morgan fingerprint density at radius 1 is 0.880 bits per heavy atom. The van der Waals surface area contributed by atoms with Gasteiger partial charge in [-0.15, -0.1) is 0 Å². The highest BCUT2D eigenvalue weighted by atomic mass is 16.2. The van der Waals surface area contributed by atoms with E-state index in [1.54, 1.807) is 43.3 Å². The van der Waals surface area contributed by atoms with E-state index in [-0.39, 0.29) is 23.0 Å². The normalized spacial score (nSPS) is 19.3. The maximum atomic E-state index is 12.7. The fourth-order valence-corrected chi connectivity index (χ4v) is 3.12. The van der Waals surface area contributed by atoms with E-state index in [9.17, 15) is 14.4 Å². The van der Waals surface area contributed by atoms with Crippen molar-refractivity contribution < 1.29 is 14.4 Å². The lowest BCUT2D eigenvalue weighted by Crippen LogP contribution is -2.26. The van der Waals surface area contributed by atoms with E-state index in [0.29, 0.717) is 22.5 Å². The number of amides is 1. The maximum Gasteiger partial charge on any atom is 0.260 e. The molecule has 0 fully saturated rings. The summed E-state index contributed by atoms with van der Waals surface area (Å²) in [5.41, 5.74) is 2.03. The molecule has 2 aromatic carbocycles. The van der Waals surface area contributed by atoms with Gasteiger partial charge in [0.2, 0.25) is 0 Å². The second kappa shape index (κ2) is 5.63. The molecular weight excluding hydrogens is 316 g/mol. The number of carbonyl (C=O) groups is 3. The quantitative estimate of drug-likeness (QED) is 0.628. The molecule has 2 aliphatic rings. The summed E-state index contributed by atoms with van der Waals surface area (Å²) in [6.07, 6.45) is 1.45. The zero-order valence-electron chi connectivity index (χ0n) is 13.5. The summed E-state index contributed by atoms with van der Waals surface area (Å²) in [6.45, 7) is 1.72. The molecule has 25 heavy (non-hydrogen) atoms. The van der Waals surface area contributed by atoms with Gasteiger partial charge >= 0.3 is 0 Å². The van der Waals surface area contributed by atoms with Crippen molar-refractivity contribution in [1.29, 1.82) is 0 Å². The Kier molecular flexibility index (Phi) is 3.42. The summed E-state index contributed by atoms with van der Waals surface area (Å²) in [4.78, 5) is 37.7. The largest absolute Gasteiger partial charge is 0.288 e. The lowest BCUT2D eigenvalue weighted by Gasteiger charge is -2.12. The number of fused-ring (bicyclic) bond motifs is 1. The van der Waals surface area contributed by atoms with Crippen LogP contribution in [-0.4, -0.2) is 23.2 Å². The molecule has 0 aromatic heterocycles. The minimum atomic E-state index is -0.711. The van der Waals surface area contributed by atoms with Crippen LogP contribution in [0.2, 0.25) is 0 Å². The number of ketones is 2. The molecule has 1 heterocycles. The van der Waals surface area contributed by atoms with Gasteiger partial charge in [0.1, 0.15) is 0 Å². The van der Waals surface area contributed by atoms with Crippen LogP contribution in [0.1, 0.15) is 27.6 Å². The molecule has 0 spiro atoms. The van der Waals surface area contributed by atoms with Crippen LogP contribution in [-0.2, 0) is 4.79 Å². The van der Waals surface area contributed by atoms with Crippen LogP contribution in [0.15, 0.2) is 71.3 Å². The molecule has 0 saturated heterocycles. The van der Waals surface area contributed by atoms with Crippen molar-refractivity contribution in [3.8, 4) is 0 Å². The highest BCUT2D eigenvalue weighted by Gasteiger charge is 2.38. The van der Waals surface area contributed by atoms with Crippen LogP contribution < -0.4 is 5.01 Å². The predicted molar refractivity (Wildman–Crippen MR) is 93.7 cm³/mol. The van der Waals surface area contributed by atoms with Crippen LogP contribution in [0.5, 0.6) is 0 Å². The third-order valence-electron chi connectivity index (χ3n) is 4.42. The molecule has 0 N–H and O–H groups in total. The summed E-state index contributed by atoms with van der Waals surface area (Å²) in [5, 5.41) is 5.61. The van der Waals surface area contributed by atoms with Gasteiger partial charge in [-0.3, -0.25) is 14.4 Å². The fourth-order valence-electron chi connectivity index (χ4n) is 3.12. The van der Waals surface area contributed by atoms with E-state index >= 15 is 0 Å². The molecule has 5 heteroatoms. The van der Waals surface area contributed by atoms with Gasteiger partial charge in [0.25, 0.3) is 5.91 Å². The molecule has 122 valence electrons. The molecule has 0 saturated carbocycles. The van der Waals surface area contributed by atoms with Crippen molar-refractivity contribution in [2.75, 3.05) is 5.01 Å². The number of hydrazone groups is 1. The van der Waals surface area contributed by atoms with Gasteiger partial charge in [0, 0.05) is 11.1 Å². The third kappa shape index (κ3) is 2.32. The van der Waals surface area contributed by atoms with Crippen molar-refractivity contribution in [2.45, 2.75) is 6.92 Å². The molecule has 1 unspecified atom stereocenters. The highest BCUT2D eigenvalue weighted by Crippen LogP contribution is 2.30. The molecule has 1 aliphatic carbocycles. The molecule has 2 aromatic rings. The molecular formula is C20H14N2O3. The number of Topliss-reactive ketones (excluding diaryl/α,β-unsaturated/α-hetero) is 2. The second-order valence-electron chi connectivity index (χ2n) is 5.99. The molecule has 0 radical (unpaired) electrons. The number of rotatable bonds is 2. The summed E-state index contributed by atoms with van der Waals surface area (Å²) >= 11 is 0. The molecule has 5 nitrogen and oxygen atoms in total. The summed E-state index contributed by atoms with van der Waals surface area (Å²) < 4.78 is 0. The number of carbonyl (C=O) groups excluding carboxylic acids is 3. The Bertz CT molecular complexity index is 936. The van der Waals surface area contributed by atoms with Gasteiger partial charge in [-0.1, -0.05) is 48.5 Å². The Morgan fingerprint density at radius 3 is 2.04 bits per heavy atom. The van der Waals surface area contributed by atoms with E-state index in [2.05, 4.69) is 5.10 Å². The Morgan fingerprint density at radius 2 is 1.44 bits per heavy atom. The zero-order valence-corrected chi connectivity index (χ0v) is 13.5. The topological polar surface area (TPSA) is 66.8 Å². The number of para-hydroxylation sites is 1. The first kappa shape index (κ1) is 15.2. The standard InChI is InChI=1S/C20H14N2O3/c1-12-16(20(25)22(21-12)13-7-3-2-4-8-13)11-17-18(23)14-9-5-6-10-15(14)19(17)24/h2-11,16H,1H3.